The number of esters is 1. The van der Waals surface area contributed by atoms with Crippen LogP contribution >= 0.6 is 23.2 Å². The zero-order valence-electron chi connectivity index (χ0n) is 13.1. The van der Waals surface area contributed by atoms with Crippen LogP contribution in [-0.2, 0) is 16.0 Å². The maximum Gasteiger partial charge on any atom is 0.383 e. The monoisotopic (exact) mass is 401 g/mol. The van der Waals surface area contributed by atoms with Crippen LogP contribution in [0.25, 0.3) is 0 Å². The molecule has 0 saturated carbocycles. The fraction of sp³-hybridized carbons (Fsp3) is 0.500. The molecule has 0 radical (unpaired) electrons. The first-order chi connectivity index (χ1) is 11.7. The van der Waals surface area contributed by atoms with E-state index in [4.69, 9.17) is 27.9 Å². The molecule has 1 fully saturated rings. The van der Waals surface area contributed by atoms with Gasteiger partial charge < -0.3 is 9.94 Å². The second-order valence-corrected chi connectivity index (χ2v) is 6.37. The molecular weight excluding hydrogens is 386 g/mol. The van der Waals surface area contributed by atoms with Crippen LogP contribution < -0.4 is 10.4 Å². The number of rotatable bonds is 6. The Morgan fingerprint density at radius 3 is 2.76 bits per heavy atom. The summed E-state index contributed by atoms with van der Waals surface area (Å²) in [6.45, 7) is -2.67. The van der Waals surface area contributed by atoms with Gasteiger partial charge in [0.15, 0.2) is 13.3 Å². The Kier molecular flexibility index (Phi) is 6.39. The topological polar surface area (TPSA) is 64.6 Å². The summed E-state index contributed by atoms with van der Waals surface area (Å²) < 4.78 is 42.7. The number of alkyl halides is 3. The van der Waals surface area contributed by atoms with Gasteiger partial charge in [0.1, 0.15) is 11.2 Å². The molecule has 2 rings (SSSR count). The highest BCUT2D eigenvalue weighted by atomic mass is 35.5. The summed E-state index contributed by atoms with van der Waals surface area (Å²) in [5.41, 5.74) is 2.62. The number of quaternary nitrogens is 1. The van der Waals surface area contributed by atoms with Crippen molar-refractivity contribution < 1.29 is 27.3 Å². The predicted octanol–water partition coefficient (Wildman–Crippen LogP) is 2.97. The van der Waals surface area contributed by atoms with Crippen LogP contribution in [0.1, 0.15) is 12.5 Å². The number of ether oxygens (including phenoxy) is 1. The van der Waals surface area contributed by atoms with Gasteiger partial charge in [-0.05, 0) is 24.6 Å². The summed E-state index contributed by atoms with van der Waals surface area (Å²) in [7, 11) is 0. The number of halogens is 5. The minimum absolute atomic E-state index is 0.0205. The van der Waals surface area contributed by atoms with Crippen molar-refractivity contribution in [2.75, 3.05) is 25.0 Å². The fourth-order valence-electron chi connectivity index (χ4n) is 2.29. The van der Waals surface area contributed by atoms with Gasteiger partial charge in [-0.1, -0.05) is 11.6 Å². The van der Waals surface area contributed by atoms with Gasteiger partial charge in [-0.3, -0.25) is 14.4 Å². The van der Waals surface area contributed by atoms with Crippen LogP contribution in [0.15, 0.2) is 12.1 Å². The van der Waals surface area contributed by atoms with Gasteiger partial charge in [0.05, 0.1) is 12.3 Å². The molecule has 11 heteroatoms. The molecule has 0 amide bonds. The standard InChI is InChI=1S/C14H16Cl2F3N3O3/c1-2-25-13(23)10(16)3-8-4-12(11(17)5-9(8)15)21-7-22(24,6-20-21)14(18)19/h4-5,10,14,20H,2-3,6-7H2,1H3. The quantitative estimate of drug-likeness (QED) is 0.261. The van der Waals surface area contributed by atoms with E-state index in [-0.39, 0.29) is 23.7 Å². The molecule has 2 atom stereocenters. The first-order valence-corrected chi connectivity index (χ1v) is 8.15. The number of carbonyl (C=O) groups is 1. The summed E-state index contributed by atoms with van der Waals surface area (Å²) in [5.74, 6) is -1.45. The Balaban J connectivity index is 2.22. The van der Waals surface area contributed by atoms with Crippen LogP contribution in [0.3, 0.4) is 0 Å². The lowest BCUT2D eigenvalue weighted by molar-refractivity contribution is -0.926. The molecule has 25 heavy (non-hydrogen) atoms. The maximum atomic E-state index is 14.2. The molecule has 1 aromatic rings. The molecule has 1 N–H and O–H groups in total. The number of hydrazine groups is 1. The number of benzene rings is 1. The molecule has 0 spiro atoms. The van der Waals surface area contributed by atoms with Crippen molar-refractivity contribution in [2.24, 2.45) is 0 Å². The Labute approximate surface area is 152 Å². The van der Waals surface area contributed by atoms with Crippen molar-refractivity contribution in [1.82, 2.24) is 5.43 Å². The van der Waals surface area contributed by atoms with Gasteiger partial charge >= 0.3 is 12.5 Å². The fourth-order valence-corrected chi connectivity index (χ4v) is 2.75. The highest BCUT2D eigenvalue weighted by Crippen LogP contribution is 2.31. The maximum absolute atomic E-state index is 14.2. The van der Waals surface area contributed by atoms with Crippen LogP contribution in [-0.4, -0.2) is 42.5 Å². The van der Waals surface area contributed by atoms with Gasteiger partial charge in [-0.25, -0.2) is 4.39 Å². The highest BCUT2D eigenvalue weighted by molar-refractivity contribution is 6.32. The largest absolute Gasteiger partial charge is 0.626 e. The third-order valence-corrected chi connectivity index (χ3v) is 4.30. The summed E-state index contributed by atoms with van der Waals surface area (Å²) in [4.78, 5) is 11.6. The predicted molar refractivity (Wildman–Crippen MR) is 86.4 cm³/mol. The summed E-state index contributed by atoms with van der Waals surface area (Å²) in [5, 5.41) is 11.8. The van der Waals surface area contributed by atoms with Gasteiger partial charge in [0.2, 0.25) is 0 Å². The van der Waals surface area contributed by atoms with Gasteiger partial charge in [0.25, 0.3) is 0 Å². The van der Waals surface area contributed by atoms with Crippen LogP contribution in [0.5, 0.6) is 0 Å². The average Bonchev–Trinajstić information content (AvgIpc) is 2.93. The molecule has 0 bridgehead atoms. The molecule has 140 valence electrons. The summed E-state index contributed by atoms with van der Waals surface area (Å²) in [6.07, 6.45) is -0.0490. The second-order valence-electron chi connectivity index (χ2n) is 5.43. The highest BCUT2D eigenvalue weighted by Gasteiger charge is 2.38. The van der Waals surface area contributed by atoms with Crippen molar-refractivity contribution in [3.8, 4) is 0 Å². The third-order valence-electron chi connectivity index (χ3n) is 3.61. The Morgan fingerprint density at radius 2 is 2.20 bits per heavy atom. The van der Waals surface area contributed by atoms with Crippen LogP contribution in [0.2, 0.25) is 5.02 Å². The first kappa shape index (κ1) is 20.1. The van der Waals surface area contributed by atoms with E-state index in [1.165, 1.54) is 6.07 Å². The van der Waals surface area contributed by atoms with Crippen LogP contribution in [0.4, 0.5) is 18.9 Å². The lowest BCUT2D eigenvalue weighted by Gasteiger charge is -2.34. The summed E-state index contributed by atoms with van der Waals surface area (Å²) in [6, 6.07) is 2.24. The van der Waals surface area contributed by atoms with Crippen molar-refractivity contribution in [3.05, 3.63) is 33.7 Å². The van der Waals surface area contributed by atoms with E-state index in [9.17, 15) is 23.2 Å². The van der Waals surface area contributed by atoms with Crippen molar-refractivity contribution in [1.29, 1.82) is 0 Å². The Morgan fingerprint density at radius 1 is 1.52 bits per heavy atom. The zero-order chi connectivity index (χ0) is 18.8. The van der Waals surface area contributed by atoms with Gasteiger partial charge in [-0.2, -0.15) is 14.2 Å². The zero-order valence-corrected chi connectivity index (χ0v) is 14.7. The van der Waals surface area contributed by atoms with Gasteiger partial charge in [0, 0.05) is 11.4 Å². The smallest absolute Gasteiger partial charge is 0.383 e. The number of anilines is 1. The Hall–Kier alpha value is -1.26. The summed E-state index contributed by atoms with van der Waals surface area (Å²) >= 11 is 11.9. The number of nitrogens with one attached hydrogen (secondary N) is 1. The van der Waals surface area contributed by atoms with Crippen molar-refractivity contribution in [2.45, 2.75) is 25.3 Å². The molecule has 1 aromatic carbocycles. The van der Waals surface area contributed by atoms with Crippen molar-refractivity contribution >= 4 is 34.9 Å². The normalized spacial score (nSPS) is 21.7. The number of hydrogen-bond acceptors (Lipinski definition) is 5. The van der Waals surface area contributed by atoms with Crippen LogP contribution in [0, 0.1) is 11.0 Å². The molecule has 0 aliphatic carbocycles. The second kappa shape index (κ2) is 7.96. The lowest BCUT2D eigenvalue weighted by Crippen LogP contribution is -2.45. The van der Waals surface area contributed by atoms with E-state index >= 15 is 0 Å². The molecule has 1 aliphatic heterocycles. The SMILES string of the molecule is CCOC(=O)C(Cl)Cc1cc(N2C[N+]([O-])(C(F)F)CN2)c(F)cc1Cl. The minimum Gasteiger partial charge on any atom is -0.626 e. The Bertz CT molecular complexity index is 653. The minimum atomic E-state index is -3.16. The molecule has 2 unspecified atom stereocenters. The molecule has 1 saturated heterocycles. The molecular formula is C14H16Cl2F3N3O3. The molecule has 1 aliphatic rings. The number of hydroxylamine groups is 3. The van der Waals surface area contributed by atoms with Gasteiger partial charge in [-0.15, -0.1) is 11.6 Å². The molecule has 6 nitrogen and oxygen atoms in total. The third kappa shape index (κ3) is 4.48. The van der Waals surface area contributed by atoms with Crippen molar-refractivity contribution in [3.63, 3.8) is 0 Å². The number of hydrogen-bond donors (Lipinski definition) is 1. The number of nitrogens with zero attached hydrogens (tertiary/aromatic N) is 2. The van der Waals surface area contributed by atoms with E-state index in [2.05, 4.69) is 5.43 Å². The van der Waals surface area contributed by atoms with E-state index in [0.29, 0.717) is 5.56 Å². The lowest BCUT2D eigenvalue weighted by atomic mass is 10.1. The average molecular weight is 402 g/mol. The van der Waals surface area contributed by atoms with E-state index < -0.39 is 41.7 Å². The molecule has 1 heterocycles. The van der Waals surface area contributed by atoms with E-state index in [0.717, 1.165) is 11.1 Å². The van der Waals surface area contributed by atoms with E-state index in [1.807, 2.05) is 0 Å². The van der Waals surface area contributed by atoms with E-state index in [1.54, 1.807) is 6.92 Å². The first-order valence-electron chi connectivity index (χ1n) is 7.33. The number of carbonyl (C=O) groups excluding carboxylic acids is 1. The molecule has 0 aromatic heterocycles.